The fraction of sp³-hybridized carbons (Fsp3) is 0.462. The summed E-state index contributed by atoms with van der Waals surface area (Å²) in [4.78, 5) is 38.2. The fourth-order valence-corrected chi connectivity index (χ4v) is 4.81. The average molecular weight is 490 g/mol. The molecule has 186 valence electrons. The summed E-state index contributed by atoms with van der Waals surface area (Å²) in [5, 5.41) is 15.4. The van der Waals surface area contributed by atoms with Crippen LogP contribution >= 0.6 is 0 Å². The minimum absolute atomic E-state index is 0.0277. The monoisotopic (exact) mass is 489 g/mol. The Bertz CT molecular complexity index is 1490. The van der Waals surface area contributed by atoms with Crippen molar-refractivity contribution in [2.75, 3.05) is 22.6 Å². The molecule has 0 spiro atoms. The van der Waals surface area contributed by atoms with E-state index in [1.165, 1.54) is 6.20 Å². The Balaban J connectivity index is 1.45. The lowest BCUT2D eigenvalue weighted by Gasteiger charge is -2.34. The smallest absolute Gasteiger partial charge is 0.228 e. The second-order valence-electron chi connectivity index (χ2n) is 9.87. The molecule has 3 aromatic rings. The van der Waals surface area contributed by atoms with E-state index in [1.807, 2.05) is 20.2 Å². The van der Waals surface area contributed by atoms with Crippen LogP contribution < -0.4 is 15.5 Å². The van der Waals surface area contributed by atoms with Gasteiger partial charge in [0.15, 0.2) is 11.6 Å². The van der Waals surface area contributed by atoms with Crippen molar-refractivity contribution >= 4 is 34.7 Å². The highest BCUT2D eigenvalue weighted by Crippen LogP contribution is 2.53. The molecule has 0 bridgehead atoms. The van der Waals surface area contributed by atoms with Crippen LogP contribution in [0, 0.1) is 5.92 Å². The molecule has 2 saturated carbocycles. The largest absolute Gasteiger partial charge is 0.363 e. The third kappa shape index (κ3) is 3.81. The number of hydrogen-bond acceptors (Lipinski definition) is 8. The predicted octanol–water partition coefficient (Wildman–Crippen LogP) is 4.35. The first-order chi connectivity index (χ1) is 18.5. The SMILES string of the molecule is [2H]C([2H])([2H])CC(=O)c1cnc(NC(=O)C2CC2)cc1Nc1ncc(C2CC2)c2c1N(C)[C@@H](C)c1nn(C)nc1-2. The number of ketones is 1. The first-order valence-corrected chi connectivity index (χ1v) is 12.3. The molecule has 4 heterocycles. The molecule has 0 radical (unpaired) electrons. The number of Topliss-reactive ketones (excluding diaryl/α,β-unsaturated/α-hetero) is 1. The number of nitrogens with zero attached hydrogens (tertiary/aromatic N) is 6. The summed E-state index contributed by atoms with van der Waals surface area (Å²) in [7, 11) is 3.78. The van der Waals surface area contributed by atoms with E-state index in [4.69, 9.17) is 14.2 Å². The summed E-state index contributed by atoms with van der Waals surface area (Å²) in [6.07, 6.45) is 6.37. The second-order valence-corrected chi connectivity index (χ2v) is 9.87. The van der Waals surface area contributed by atoms with Gasteiger partial charge in [-0.2, -0.15) is 15.0 Å². The zero-order valence-corrected chi connectivity index (χ0v) is 20.5. The number of hydrogen-bond donors (Lipinski definition) is 2. The molecule has 2 fully saturated rings. The molecule has 1 amide bonds. The van der Waals surface area contributed by atoms with Crippen LogP contribution in [-0.2, 0) is 11.8 Å². The third-order valence-corrected chi connectivity index (χ3v) is 7.22. The highest BCUT2D eigenvalue weighted by molar-refractivity contribution is 6.03. The van der Waals surface area contributed by atoms with Gasteiger partial charge in [-0.05, 0) is 44.1 Å². The number of rotatable bonds is 7. The van der Waals surface area contributed by atoms with Gasteiger partial charge in [0.05, 0.1) is 23.0 Å². The lowest BCUT2D eigenvalue weighted by molar-refractivity contribution is -0.117. The van der Waals surface area contributed by atoms with Gasteiger partial charge in [0.2, 0.25) is 5.91 Å². The Morgan fingerprint density at radius 3 is 2.67 bits per heavy atom. The van der Waals surface area contributed by atoms with Crippen LogP contribution in [0.1, 0.15) is 83.6 Å². The lowest BCUT2D eigenvalue weighted by atomic mass is 9.93. The van der Waals surface area contributed by atoms with E-state index in [1.54, 1.807) is 17.9 Å². The van der Waals surface area contributed by atoms with Gasteiger partial charge in [-0.15, -0.1) is 0 Å². The van der Waals surface area contributed by atoms with Crippen LogP contribution in [0.15, 0.2) is 18.5 Å². The Kier molecular flexibility index (Phi) is 4.52. The van der Waals surface area contributed by atoms with E-state index in [-0.39, 0.29) is 29.2 Å². The van der Waals surface area contributed by atoms with Crippen molar-refractivity contribution in [3.63, 3.8) is 0 Å². The molecule has 2 aliphatic carbocycles. The van der Waals surface area contributed by atoms with Gasteiger partial charge in [0.25, 0.3) is 0 Å². The average Bonchev–Trinajstić information content (AvgIpc) is 3.78. The van der Waals surface area contributed by atoms with Crippen molar-refractivity contribution in [2.24, 2.45) is 13.0 Å². The second kappa shape index (κ2) is 8.39. The molecule has 1 atom stereocenters. The maximum absolute atomic E-state index is 13.1. The van der Waals surface area contributed by atoms with E-state index >= 15 is 0 Å². The lowest BCUT2D eigenvalue weighted by Crippen LogP contribution is -2.28. The van der Waals surface area contributed by atoms with Crippen LogP contribution in [-0.4, -0.2) is 43.7 Å². The minimum atomic E-state index is -2.44. The molecule has 3 aliphatic rings. The summed E-state index contributed by atoms with van der Waals surface area (Å²) < 4.78 is 22.8. The highest BCUT2D eigenvalue weighted by Gasteiger charge is 2.38. The first-order valence-electron chi connectivity index (χ1n) is 13.8. The standard InChI is InChI=1S/C26H30N8O2/c1-5-19(35)17-12-27-20(30-26(36)15-8-9-15)10-18(17)29-25-24-21(16(11-28-25)14-6-7-14)23-22(13(2)33(24)3)31-34(4)32-23/h10-15H,5-9H2,1-4H3,(H2,27,28,29,30,36)/t13-/m0/s1/i1D3. The van der Waals surface area contributed by atoms with E-state index in [0.717, 1.165) is 53.9 Å². The molecular formula is C26H30N8O2. The third-order valence-electron chi connectivity index (χ3n) is 7.22. The summed E-state index contributed by atoms with van der Waals surface area (Å²) in [5.41, 5.74) is 5.04. The molecule has 6 rings (SSSR count). The number of anilines is 4. The Morgan fingerprint density at radius 2 is 1.94 bits per heavy atom. The number of pyridine rings is 2. The Labute approximate surface area is 213 Å². The van der Waals surface area contributed by atoms with Gasteiger partial charge < -0.3 is 15.5 Å². The topological polar surface area (TPSA) is 118 Å². The minimum Gasteiger partial charge on any atom is -0.363 e. The zero-order valence-electron chi connectivity index (χ0n) is 23.5. The van der Waals surface area contributed by atoms with Crippen LogP contribution in [0.2, 0.25) is 0 Å². The van der Waals surface area contributed by atoms with Gasteiger partial charge in [-0.25, -0.2) is 9.97 Å². The maximum atomic E-state index is 13.1. The molecule has 0 aromatic carbocycles. The Hall–Kier alpha value is -3.82. The number of amides is 1. The molecule has 10 nitrogen and oxygen atoms in total. The summed E-state index contributed by atoms with van der Waals surface area (Å²) in [6, 6.07) is 1.48. The van der Waals surface area contributed by atoms with Crippen molar-refractivity contribution in [3.8, 4) is 11.3 Å². The summed E-state index contributed by atoms with van der Waals surface area (Å²) >= 11 is 0. The van der Waals surface area contributed by atoms with Gasteiger partial charge in [-0.1, -0.05) is 6.85 Å². The van der Waals surface area contributed by atoms with E-state index in [2.05, 4.69) is 25.6 Å². The summed E-state index contributed by atoms with van der Waals surface area (Å²) in [5.74, 6) is 0.447. The molecule has 3 aromatic heterocycles. The van der Waals surface area contributed by atoms with Crippen LogP contribution in [0.25, 0.3) is 11.3 Å². The van der Waals surface area contributed by atoms with Gasteiger partial charge >= 0.3 is 0 Å². The quantitative estimate of drug-likeness (QED) is 0.471. The van der Waals surface area contributed by atoms with E-state index < -0.39 is 19.1 Å². The van der Waals surface area contributed by atoms with Gasteiger partial charge in [0.1, 0.15) is 17.2 Å². The van der Waals surface area contributed by atoms with Crippen LogP contribution in [0.3, 0.4) is 0 Å². The van der Waals surface area contributed by atoms with Crippen molar-refractivity contribution in [2.45, 2.75) is 57.8 Å². The molecule has 36 heavy (non-hydrogen) atoms. The maximum Gasteiger partial charge on any atom is 0.228 e. The van der Waals surface area contributed by atoms with E-state index in [0.29, 0.717) is 17.4 Å². The highest BCUT2D eigenvalue weighted by atomic mass is 16.2. The molecule has 10 heteroatoms. The number of nitrogens with one attached hydrogen (secondary N) is 2. The zero-order chi connectivity index (χ0) is 27.6. The number of aromatic nitrogens is 5. The number of fused-ring (bicyclic) bond motifs is 3. The van der Waals surface area contributed by atoms with Gasteiger partial charge in [0, 0.05) is 54.6 Å². The van der Waals surface area contributed by atoms with Crippen LogP contribution in [0.4, 0.5) is 23.0 Å². The number of aryl methyl sites for hydroxylation is 1. The van der Waals surface area contributed by atoms with Gasteiger partial charge in [-0.3, -0.25) is 9.59 Å². The van der Waals surface area contributed by atoms with Crippen molar-refractivity contribution in [1.29, 1.82) is 0 Å². The fourth-order valence-electron chi connectivity index (χ4n) is 4.81. The van der Waals surface area contributed by atoms with Crippen LogP contribution in [0.5, 0.6) is 0 Å². The molecule has 0 saturated heterocycles. The molecule has 2 N–H and O–H groups in total. The van der Waals surface area contributed by atoms with E-state index in [9.17, 15) is 9.59 Å². The number of carbonyl (C=O) groups excluding carboxylic acids is 2. The predicted molar refractivity (Wildman–Crippen MR) is 137 cm³/mol. The van der Waals surface area contributed by atoms with Crippen molar-refractivity contribution in [1.82, 2.24) is 25.0 Å². The molecule has 0 unspecified atom stereocenters. The van der Waals surface area contributed by atoms with Crippen molar-refractivity contribution in [3.05, 3.63) is 35.3 Å². The molecular weight excluding hydrogens is 456 g/mol. The normalized spacial score (nSPS) is 20.0. The van der Waals surface area contributed by atoms with Crippen molar-refractivity contribution < 1.29 is 13.7 Å². The molecule has 1 aliphatic heterocycles. The summed E-state index contributed by atoms with van der Waals surface area (Å²) in [6.45, 7) is -0.387. The Morgan fingerprint density at radius 1 is 1.14 bits per heavy atom. The number of carbonyl (C=O) groups is 2. The first kappa shape index (κ1) is 19.4.